The summed E-state index contributed by atoms with van der Waals surface area (Å²) in [5.41, 5.74) is 1.30. The Balaban J connectivity index is 1.59. The zero-order valence-electron chi connectivity index (χ0n) is 13.6. The molecule has 1 saturated heterocycles. The van der Waals surface area contributed by atoms with E-state index in [1.807, 2.05) is 6.07 Å². The predicted octanol–water partition coefficient (Wildman–Crippen LogP) is -0.271. The number of hydrogen-bond donors (Lipinski definition) is 0. The van der Waals surface area contributed by atoms with Gasteiger partial charge in [0.2, 0.25) is 5.91 Å². The number of nitrogens with zero attached hydrogens (tertiary/aromatic N) is 6. The molecule has 1 atom stereocenters. The average molecular weight is 342 g/mol. The van der Waals surface area contributed by atoms with E-state index in [0.717, 1.165) is 5.69 Å². The van der Waals surface area contributed by atoms with Crippen LogP contribution >= 0.6 is 0 Å². The Morgan fingerprint density at radius 1 is 1.08 bits per heavy atom. The molecular weight excluding hydrogens is 324 g/mol. The standard InChI is InChI=1S/C16H18N6O3/c23-15(12-1-3-17-18-9-12)21-10-13-2-4-19-22(13)14(11-21)16(24)20-5-7-25-8-6-20/h1-4,9,14H,5-8,10-11H2. The molecule has 0 saturated carbocycles. The molecule has 0 radical (unpaired) electrons. The summed E-state index contributed by atoms with van der Waals surface area (Å²) < 4.78 is 7.04. The Labute approximate surface area is 144 Å². The van der Waals surface area contributed by atoms with Crippen molar-refractivity contribution < 1.29 is 14.3 Å². The molecule has 2 amide bonds. The molecule has 2 aromatic rings. The number of carbonyl (C=O) groups is 2. The maximum absolute atomic E-state index is 13.0. The fourth-order valence-electron chi connectivity index (χ4n) is 3.23. The van der Waals surface area contributed by atoms with Gasteiger partial charge in [0.15, 0.2) is 0 Å². The van der Waals surface area contributed by atoms with Crippen molar-refractivity contribution in [2.75, 3.05) is 32.8 Å². The Morgan fingerprint density at radius 3 is 2.68 bits per heavy atom. The molecule has 2 aliphatic rings. The van der Waals surface area contributed by atoms with Gasteiger partial charge in [0.05, 0.1) is 50.0 Å². The van der Waals surface area contributed by atoms with E-state index in [0.29, 0.717) is 38.4 Å². The first-order valence-electron chi connectivity index (χ1n) is 8.19. The number of aromatic nitrogens is 4. The number of carbonyl (C=O) groups excluding carboxylic acids is 2. The Kier molecular flexibility index (Phi) is 4.14. The summed E-state index contributed by atoms with van der Waals surface area (Å²) in [7, 11) is 0. The summed E-state index contributed by atoms with van der Waals surface area (Å²) in [6.45, 7) is 2.90. The van der Waals surface area contributed by atoms with Crippen LogP contribution in [0.15, 0.2) is 30.7 Å². The first kappa shape index (κ1) is 15.7. The van der Waals surface area contributed by atoms with Gasteiger partial charge in [-0.3, -0.25) is 14.3 Å². The van der Waals surface area contributed by atoms with Gasteiger partial charge in [-0.15, -0.1) is 0 Å². The van der Waals surface area contributed by atoms with E-state index in [4.69, 9.17) is 4.74 Å². The smallest absolute Gasteiger partial charge is 0.255 e. The lowest BCUT2D eigenvalue weighted by atomic mass is 10.1. The van der Waals surface area contributed by atoms with Crippen LogP contribution in [0.4, 0.5) is 0 Å². The molecule has 0 bridgehead atoms. The van der Waals surface area contributed by atoms with Crippen LogP contribution in [0.3, 0.4) is 0 Å². The second-order valence-corrected chi connectivity index (χ2v) is 6.04. The summed E-state index contributed by atoms with van der Waals surface area (Å²) in [5, 5.41) is 11.8. The highest BCUT2D eigenvalue weighted by Gasteiger charge is 2.36. The van der Waals surface area contributed by atoms with Gasteiger partial charge in [-0.05, 0) is 12.1 Å². The van der Waals surface area contributed by atoms with Gasteiger partial charge in [-0.2, -0.15) is 15.3 Å². The molecule has 1 unspecified atom stereocenters. The highest BCUT2D eigenvalue weighted by atomic mass is 16.5. The van der Waals surface area contributed by atoms with Crippen molar-refractivity contribution in [1.29, 1.82) is 0 Å². The summed E-state index contributed by atoms with van der Waals surface area (Å²) in [6.07, 6.45) is 4.59. The van der Waals surface area contributed by atoms with Crippen LogP contribution < -0.4 is 0 Å². The molecule has 4 rings (SSSR count). The van der Waals surface area contributed by atoms with Crippen LogP contribution in [0.2, 0.25) is 0 Å². The summed E-state index contributed by atoms with van der Waals surface area (Å²) in [5.74, 6) is -0.194. The molecule has 25 heavy (non-hydrogen) atoms. The number of fused-ring (bicyclic) bond motifs is 1. The zero-order chi connectivity index (χ0) is 17.2. The van der Waals surface area contributed by atoms with Crippen LogP contribution in [-0.2, 0) is 16.1 Å². The number of amides is 2. The largest absolute Gasteiger partial charge is 0.378 e. The average Bonchev–Trinajstić information content (AvgIpc) is 3.16. The van der Waals surface area contributed by atoms with Crippen LogP contribution in [0.1, 0.15) is 22.1 Å². The number of hydrogen-bond acceptors (Lipinski definition) is 6. The van der Waals surface area contributed by atoms with E-state index < -0.39 is 6.04 Å². The molecule has 9 nitrogen and oxygen atoms in total. The van der Waals surface area contributed by atoms with Gasteiger partial charge in [0.25, 0.3) is 5.91 Å². The van der Waals surface area contributed by atoms with Crippen LogP contribution in [0.25, 0.3) is 0 Å². The molecule has 4 heterocycles. The zero-order valence-corrected chi connectivity index (χ0v) is 13.6. The maximum Gasteiger partial charge on any atom is 0.255 e. The van der Waals surface area contributed by atoms with Crippen molar-refractivity contribution in [2.45, 2.75) is 12.6 Å². The van der Waals surface area contributed by atoms with Crippen molar-refractivity contribution in [3.63, 3.8) is 0 Å². The molecule has 0 aliphatic carbocycles. The second-order valence-electron chi connectivity index (χ2n) is 6.04. The normalized spacial score (nSPS) is 20.2. The van der Waals surface area contributed by atoms with E-state index in [1.54, 1.807) is 26.7 Å². The third-order valence-electron chi connectivity index (χ3n) is 4.52. The number of ether oxygens (including phenoxy) is 1. The van der Waals surface area contributed by atoms with Crippen LogP contribution in [-0.4, -0.2) is 74.4 Å². The quantitative estimate of drug-likeness (QED) is 0.746. The van der Waals surface area contributed by atoms with Gasteiger partial charge in [0, 0.05) is 19.3 Å². The fraction of sp³-hybridized carbons (Fsp3) is 0.438. The SMILES string of the molecule is O=C(c1ccnnc1)N1Cc2ccnn2C(C(=O)N2CCOCC2)C1. The van der Waals surface area contributed by atoms with Crippen molar-refractivity contribution in [3.8, 4) is 0 Å². The topological polar surface area (TPSA) is 93.5 Å². The first-order valence-corrected chi connectivity index (χ1v) is 8.19. The molecule has 0 aromatic carbocycles. The van der Waals surface area contributed by atoms with Crippen molar-refractivity contribution >= 4 is 11.8 Å². The molecule has 1 fully saturated rings. The number of morpholine rings is 1. The molecule has 0 N–H and O–H groups in total. The maximum atomic E-state index is 13.0. The van der Waals surface area contributed by atoms with Crippen molar-refractivity contribution in [2.24, 2.45) is 0 Å². The van der Waals surface area contributed by atoms with Crippen LogP contribution in [0, 0.1) is 0 Å². The minimum atomic E-state index is -0.518. The lowest BCUT2D eigenvalue weighted by Crippen LogP contribution is -2.50. The Bertz CT molecular complexity index is 771. The third-order valence-corrected chi connectivity index (χ3v) is 4.52. The van der Waals surface area contributed by atoms with Gasteiger partial charge in [-0.1, -0.05) is 0 Å². The molecule has 2 aliphatic heterocycles. The van der Waals surface area contributed by atoms with E-state index in [1.165, 1.54) is 12.4 Å². The second kappa shape index (κ2) is 6.60. The van der Waals surface area contributed by atoms with Crippen LogP contribution in [0.5, 0.6) is 0 Å². The highest BCUT2D eigenvalue weighted by molar-refractivity contribution is 5.94. The molecule has 9 heteroatoms. The summed E-state index contributed by atoms with van der Waals surface area (Å²) in [6, 6.07) is 2.94. The van der Waals surface area contributed by atoms with Crippen molar-refractivity contribution in [3.05, 3.63) is 42.0 Å². The summed E-state index contributed by atoms with van der Waals surface area (Å²) >= 11 is 0. The third kappa shape index (κ3) is 2.98. The van der Waals surface area contributed by atoms with Gasteiger partial charge in [-0.25, -0.2) is 0 Å². The van der Waals surface area contributed by atoms with Crippen molar-refractivity contribution in [1.82, 2.24) is 29.8 Å². The lowest BCUT2D eigenvalue weighted by Gasteiger charge is -2.36. The lowest BCUT2D eigenvalue weighted by molar-refractivity contribution is -0.140. The van der Waals surface area contributed by atoms with Gasteiger partial charge >= 0.3 is 0 Å². The Morgan fingerprint density at radius 2 is 1.92 bits per heavy atom. The minimum absolute atomic E-state index is 0.0291. The predicted molar refractivity (Wildman–Crippen MR) is 85.4 cm³/mol. The van der Waals surface area contributed by atoms with E-state index in [-0.39, 0.29) is 18.4 Å². The Hall–Kier alpha value is -2.81. The monoisotopic (exact) mass is 342 g/mol. The highest BCUT2D eigenvalue weighted by Crippen LogP contribution is 2.24. The summed E-state index contributed by atoms with van der Waals surface area (Å²) in [4.78, 5) is 29.2. The molecule has 2 aromatic heterocycles. The van der Waals surface area contributed by atoms with E-state index in [9.17, 15) is 9.59 Å². The van der Waals surface area contributed by atoms with E-state index in [2.05, 4.69) is 15.3 Å². The van der Waals surface area contributed by atoms with Gasteiger partial charge in [0.1, 0.15) is 6.04 Å². The fourth-order valence-corrected chi connectivity index (χ4v) is 3.23. The van der Waals surface area contributed by atoms with E-state index >= 15 is 0 Å². The van der Waals surface area contributed by atoms with Gasteiger partial charge < -0.3 is 14.5 Å². The minimum Gasteiger partial charge on any atom is -0.378 e. The number of rotatable bonds is 2. The molecule has 0 spiro atoms. The molecular formula is C16H18N6O3. The molecule has 130 valence electrons. The first-order chi connectivity index (χ1) is 12.2.